The van der Waals surface area contributed by atoms with Crippen molar-refractivity contribution in [3.8, 4) is 0 Å². The van der Waals surface area contributed by atoms with Gasteiger partial charge in [0.05, 0.1) is 5.52 Å². The minimum atomic E-state index is 0.808. The lowest BCUT2D eigenvalue weighted by Crippen LogP contribution is -2.13. The maximum atomic E-state index is 6.27. The first-order valence-corrected chi connectivity index (χ1v) is 9.90. The smallest absolute Gasteiger partial charge is 0.0717 e. The molecule has 1 heterocycles. The fraction of sp³-hybridized carbons (Fsp3) is 0.526. The van der Waals surface area contributed by atoms with Crippen molar-refractivity contribution in [2.45, 2.75) is 43.4 Å². The normalized spacial score (nSPS) is 15.0. The third-order valence-electron chi connectivity index (χ3n) is 4.42. The first kappa shape index (κ1) is 17.1. The molecule has 1 aromatic heterocycles. The number of aromatic nitrogens is 1. The summed E-state index contributed by atoms with van der Waals surface area (Å²) in [5.41, 5.74) is 3.92. The molecule has 1 aromatic carbocycles. The van der Waals surface area contributed by atoms with E-state index in [1.807, 2.05) is 17.8 Å². The second-order valence-electron chi connectivity index (χ2n) is 6.59. The van der Waals surface area contributed by atoms with Gasteiger partial charge in [-0.05, 0) is 82.3 Å². The Morgan fingerprint density at radius 2 is 2.00 bits per heavy atom. The summed E-state index contributed by atoms with van der Waals surface area (Å²) in [5, 5.41) is 2.05. The van der Waals surface area contributed by atoms with Gasteiger partial charge < -0.3 is 4.90 Å². The molecule has 1 aliphatic rings. The Hall–Kier alpha value is -0.770. The average molecular weight is 349 g/mol. The number of hydrogen-bond acceptors (Lipinski definition) is 3. The zero-order chi connectivity index (χ0) is 16.2. The van der Waals surface area contributed by atoms with Crippen molar-refractivity contribution < 1.29 is 0 Å². The average Bonchev–Trinajstić information content (AvgIpc) is 2.76. The number of benzene rings is 1. The molecule has 0 aliphatic heterocycles. The van der Waals surface area contributed by atoms with E-state index in [9.17, 15) is 0 Å². The van der Waals surface area contributed by atoms with Crippen LogP contribution in [0.5, 0.6) is 0 Å². The van der Waals surface area contributed by atoms with E-state index < -0.39 is 0 Å². The molecule has 0 bridgehead atoms. The van der Waals surface area contributed by atoms with Gasteiger partial charge in [0.25, 0.3) is 0 Å². The fourth-order valence-electron chi connectivity index (χ4n) is 3.25. The van der Waals surface area contributed by atoms with Crippen LogP contribution >= 0.6 is 23.4 Å². The molecule has 0 spiro atoms. The molecular weight excluding hydrogens is 324 g/mol. The van der Waals surface area contributed by atoms with Gasteiger partial charge in [0, 0.05) is 21.0 Å². The van der Waals surface area contributed by atoms with Gasteiger partial charge in [-0.2, -0.15) is 0 Å². The van der Waals surface area contributed by atoms with Crippen molar-refractivity contribution in [2.75, 3.05) is 26.4 Å². The fourth-order valence-corrected chi connectivity index (χ4v) is 4.61. The third-order valence-corrected chi connectivity index (χ3v) is 5.90. The highest BCUT2D eigenvalue weighted by molar-refractivity contribution is 7.99. The summed E-state index contributed by atoms with van der Waals surface area (Å²) in [5.74, 6) is 1.15. The first-order valence-electron chi connectivity index (χ1n) is 8.53. The molecule has 23 heavy (non-hydrogen) atoms. The number of fused-ring (bicyclic) bond motifs is 2. The molecule has 0 saturated carbocycles. The number of aryl methyl sites for hydroxylation is 1. The van der Waals surface area contributed by atoms with Crippen LogP contribution in [0.1, 0.15) is 36.9 Å². The summed E-state index contributed by atoms with van der Waals surface area (Å²) in [6, 6.07) is 6.14. The van der Waals surface area contributed by atoms with E-state index in [-0.39, 0.29) is 0 Å². The standard InChI is InChI=1S/C19H25ClN2S/c1-22(2)11-6-12-23-19-15-7-4-3-5-8-17(15)21-18-10-9-14(20)13-16(18)19/h9-10,13H,3-8,11-12H2,1-2H3. The Labute approximate surface area is 148 Å². The number of hydrogen-bond donors (Lipinski definition) is 0. The van der Waals surface area contributed by atoms with Gasteiger partial charge in [0.1, 0.15) is 0 Å². The van der Waals surface area contributed by atoms with Crippen molar-refractivity contribution in [1.82, 2.24) is 9.88 Å². The predicted molar refractivity (Wildman–Crippen MR) is 102 cm³/mol. The Morgan fingerprint density at radius 1 is 1.17 bits per heavy atom. The second kappa shape index (κ2) is 7.87. The second-order valence-corrected chi connectivity index (χ2v) is 8.14. The van der Waals surface area contributed by atoms with E-state index in [0.717, 1.165) is 29.3 Å². The van der Waals surface area contributed by atoms with Crippen LogP contribution in [0.4, 0.5) is 0 Å². The van der Waals surface area contributed by atoms with Crippen molar-refractivity contribution in [3.63, 3.8) is 0 Å². The topological polar surface area (TPSA) is 16.1 Å². The largest absolute Gasteiger partial charge is 0.309 e. The van der Waals surface area contributed by atoms with Crippen molar-refractivity contribution in [2.24, 2.45) is 0 Å². The number of pyridine rings is 1. The van der Waals surface area contributed by atoms with Gasteiger partial charge in [0.15, 0.2) is 0 Å². The van der Waals surface area contributed by atoms with E-state index in [0.29, 0.717) is 0 Å². The van der Waals surface area contributed by atoms with Gasteiger partial charge in [0.2, 0.25) is 0 Å². The van der Waals surface area contributed by atoms with Crippen LogP contribution in [0.25, 0.3) is 10.9 Å². The van der Waals surface area contributed by atoms with E-state index in [4.69, 9.17) is 16.6 Å². The summed E-state index contributed by atoms with van der Waals surface area (Å²) in [4.78, 5) is 8.64. The lowest BCUT2D eigenvalue weighted by atomic mass is 10.1. The number of halogens is 1. The Morgan fingerprint density at radius 3 is 2.83 bits per heavy atom. The van der Waals surface area contributed by atoms with Crippen molar-refractivity contribution in [1.29, 1.82) is 0 Å². The molecule has 0 atom stereocenters. The Balaban J connectivity index is 1.97. The van der Waals surface area contributed by atoms with Gasteiger partial charge in [-0.1, -0.05) is 18.0 Å². The minimum Gasteiger partial charge on any atom is -0.309 e. The monoisotopic (exact) mass is 348 g/mol. The van der Waals surface area contributed by atoms with Crippen molar-refractivity contribution in [3.05, 3.63) is 34.5 Å². The van der Waals surface area contributed by atoms with Gasteiger partial charge >= 0.3 is 0 Å². The summed E-state index contributed by atoms with van der Waals surface area (Å²) >= 11 is 8.26. The highest BCUT2D eigenvalue weighted by atomic mass is 35.5. The van der Waals surface area contributed by atoms with Crippen LogP contribution in [0.2, 0.25) is 5.02 Å². The summed E-state index contributed by atoms with van der Waals surface area (Å²) in [6.45, 7) is 1.14. The number of rotatable bonds is 5. The zero-order valence-corrected chi connectivity index (χ0v) is 15.6. The predicted octanol–water partition coefficient (Wildman–Crippen LogP) is 5.20. The molecule has 1 aliphatic carbocycles. The van der Waals surface area contributed by atoms with E-state index in [1.54, 1.807) is 0 Å². The van der Waals surface area contributed by atoms with E-state index in [2.05, 4.69) is 31.1 Å². The van der Waals surface area contributed by atoms with E-state index >= 15 is 0 Å². The number of thioether (sulfide) groups is 1. The van der Waals surface area contributed by atoms with Crippen LogP contribution in [0.3, 0.4) is 0 Å². The number of nitrogens with zero attached hydrogens (tertiary/aromatic N) is 2. The summed E-state index contributed by atoms with van der Waals surface area (Å²) in [6.07, 6.45) is 7.37. The summed E-state index contributed by atoms with van der Waals surface area (Å²) < 4.78 is 0. The minimum absolute atomic E-state index is 0.808. The quantitative estimate of drug-likeness (QED) is 0.419. The lowest BCUT2D eigenvalue weighted by molar-refractivity contribution is 0.410. The highest BCUT2D eigenvalue weighted by Crippen LogP contribution is 2.36. The lowest BCUT2D eigenvalue weighted by Gasteiger charge is -2.16. The van der Waals surface area contributed by atoms with Crippen LogP contribution < -0.4 is 0 Å². The zero-order valence-electron chi connectivity index (χ0n) is 14.1. The third kappa shape index (κ3) is 4.20. The van der Waals surface area contributed by atoms with Gasteiger partial charge in [-0.25, -0.2) is 0 Å². The van der Waals surface area contributed by atoms with Crippen LogP contribution in [0.15, 0.2) is 23.1 Å². The highest BCUT2D eigenvalue weighted by Gasteiger charge is 2.17. The first-order chi connectivity index (χ1) is 11.1. The molecule has 2 nitrogen and oxygen atoms in total. The van der Waals surface area contributed by atoms with E-state index in [1.165, 1.54) is 53.6 Å². The molecule has 0 saturated heterocycles. The maximum Gasteiger partial charge on any atom is 0.0717 e. The molecule has 2 aromatic rings. The molecule has 0 fully saturated rings. The van der Waals surface area contributed by atoms with Crippen LogP contribution in [-0.4, -0.2) is 36.3 Å². The Bertz CT molecular complexity index is 685. The van der Waals surface area contributed by atoms with Gasteiger partial charge in [-0.15, -0.1) is 11.8 Å². The molecule has 0 amide bonds. The summed E-state index contributed by atoms with van der Waals surface area (Å²) in [7, 11) is 4.27. The molecule has 0 unspecified atom stereocenters. The van der Waals surface area contributed by atoms with Crippen molar-refractivity contribution >= 4 is 34.3 Å². The van der Waals surface area contributed by atoms with Crippen LogP contribution in [-0.2, 0) is 12.8 Å². The van der Waals surface area contributed by atoms with Gasteiger partial charge in [-0.3, -0.25) is 4.98 Å². The molecular formula is C19H25ClN2S. The molecule has 4 heteroatoms. The maximum absolute atomic E-state index is 6.27. The SMILES string of the molecule is CN(C)CCCSc1c2c(nc3ccc(Cl)cc13)CCCCC2. The molecule has 0 N–H and O–H groups in total. The van der Waals surface area contributed by atoms with Crippen LogP contribution in [0, 0.1) is 0 Å². The molecule has 124 valence electrons. The Kier molecular flexibility index (Phi) is 5.84. The molecule has 3 rings (SSSR count). The molecule has 0 radical (unpaired) electrons.